The van der Waals surface area contributed by atoms with E-state index in [-0.39, 0.29) is 0 Å². The Labute approximate surface area is 160 Å². The summed E-state index contributed by atoms with van der Waals surface area (Å²) in [6, 6.07) is 22.7. The fraction of sp³-hybridized carbons (Fsp3) is 0.0952. The topological polar surface area (TPSA) is 46.6 Å². The molecule has 0 bridgehead atoms. The molecule has 1 aliphatic rings. The van der Waals surface area contributed by atoms with E-state index in [1.807, 2.05) is 48.5 Å². The Morgan fingerprint density at radius 3 is 2.46 bits per heavy atom. The van der Waals surface area contributed by atoms with Crippen molar-refractivity contribution in [1.29, 1.82) is 0 Å². The van der Waals surface area contributed by atoms with Crippen molar-refractivity contribution in [3.05, 3.63) is 82.8 Å². The van der Waals surface area contributed by atoms with E-state index < -0.39 is 6.09 Å². The maximum absolute atomic E-state index is 11.9. The van der Waals surface area contributed by atoms with Gasteiger partial charge in [0.05, 0.1) is 11.4 Å². The quantitative estimate of drug-likeness (QED) is 0.635. The molecular formula is C21H16BrN2O2-. The molecule has 0 aromatic heterocycles. The van der Waals surface area contributed by atoms with Crippen molar-refractivity contribution in [3.8, 4) is 0 Å². The minimum atomic E-state index is -1.25. The smallest absolute Gasteiger partial charge is 0.146 e. The van der Waals surface area contributed by atoms with Gasteiger partial charge in [-0.1, -0.05) is 46.3 Å². The molecule has 4 nitrogen and oxygen atoms in total. The summed E-state index contributed by atoms with van der Waals surface area (Å²) in [5, 5.41) is 11.9. The summed E-state index contributed by atoms with van der Waals surface area (Å²) in [6.45, 7) is 0.804. The number of nitrogens with zero attached hydrogens (tertiary/aromatic N) is 2. The molecule has 3 aromatic rings. The number of para-hydroxylation sites is 3. The van der Waals surface area contributed by atoms with E-state index in [0.717, 1.165) is 28.8 Å². The first-order valence-electron chi connectivity index (χ1n) is 8.36. The van der Waals surface area contributed by atoms with Gasteiger partial charge in [-0.3, -0.25) is 4.90 Å². The summed E-state index contributed by atoms with van der Waals surface area (Å²) in [4.78, 5) is 15.3. The van der Waals surface area contributed by atoms with Crippen LogP contribution in [0.1, 0.15) is 5.56 Å². The van der Waals surface area contributed by atoms with Crippen LogP contribution in [-0.2, 0) is 6.42 Å². The SMILES string of the molecule is O=C([O-])N(c1ccccc1)c1ccccc1N1CCc2cc(Br)ccc21. The van der Waals surface area contributed by atoms with Gasteiger partial charge in [0.1, 0.15) is 6.09 Å². The predicted molar refractivity (Wildman–Crippen MR) is 105 cm³/mol. The van der Waals surface area contributed by atoms with Crippen LogP contribution >= 0.6 is 15.9 Å². The highest BCUT2D eigenvalue weighted by atomic mass is 79.9. The van der Waals surface area contributed by atoms with E-state index in [9.17, 15) is 9.90 Å². The molecule has 0 fully saturated rings. The van der Waals surface area contributed by atoms with Crippen LogP contribution in [0.5, 0.6) is 0 Å². The normalized spacial score (nSPS) is 12.7. The number of hydrogen-bond acceptors (Lipinski definition) is 3. The number of carboxylic acid groups (broad SMARTS) is 1. The highest BCUT2D eigenvalue weighted by Gasteiger charge is 2.25. The van der Waals surface area contributed by atoms with Crippen LogP contribution in [-0.4, -0.2) is 12.6 Å². The van der Waals surface area contributed by atoms with E-state index >= 15 is 0 Å². The van der Waals surface area contributed by atoms with Gasteiger partial charge < -0.3 is 14.8 Å². The van der Waals surface area contributed by atoms with Gasteiger partial charge in [-0.2, -0.15) is 0 Å². The second-order valence-electron chi connectivity index (χ2n) is 6.10. The van der Waals surface area contributed by atoms with Crippen LogP contribution in [0.15, 0.2) is 77.3 Å². The third-order valence-electron chi connectivity index (χ3n) is 4.55. The molecule has 130 valence electrons. The Morgan fingerprint density at radius 2 is 1.69 bits per heavy atom. The molecule has 0 N–H and O–H groups in total. The molecule has 0 unspecified atom stereocenters. The van der Waals surface area contributed by atoms with Crippen molar-refractivity contribution in [2.75, 3.05) is 16.3 Å². The maximum atomic E-state index is 11.9. The fourth-order valence-electron chi connectivity index (χ4n) is 3.42. The molecule has 1 heterocycles. The zero-order valence-electron chi connectivity index (χ0n) is 13.9. The molecule has 5 heteroatoms. The predicted octanol–water partition coefficient (Wildman–Crippen LogP) is 4.62. The third-order valence-corrected chi connectivity index (χ3v) is 5.04. The van der Waals surface area contributed by atoms with Gasteiger partial charge >= 0.3 is 0 Å². The van der Waals surface area contributed by atoms with Gasteiger partial charge in [-0.05, 0) is 54.4 Å². The van der Waals surface area contributed by atoms with Crippen LogP contribution in [0.4, 0.5) is 27.5 Å². The van der Waals surface area contributed by atoms with Gasteiger partial charge in [0.25, 0.3) is 0 Å². The average molecular weight is 408 g/mol. The molecule has 1 aliphatic heterocycles. The molecule has 0 saturated carbocycles. The lowest BCUT2D eigenvalue weighted by Crippen LogP contribution is -2.38. The lowest BCUT2D eigenvalue weighted by Gasteiger charge is -2.31. The number of carbonyl (C=O) groups excluding carboxylic acids is 1. The summed E-state index contributed by atoms with van der Waals surface area (Å²) < 4.78 is 1.05. The monoisotopic (exact) mass is 407 g/mol. The molecule has 0 spiro atoms. The summed E-state index contributed by atoms with van der Waals surface area (Å²) in [5.74, 6) is 0. The van der Waals surface area contributed by atoms with Gasteiger partial charge in [-0.25, -0.2) is 0 Å². The lowest BCUT2D eigenvalue weighted by atomic mass is 10.1. The first-order chi connectivity index (χ1) is 12.6. The lowest BCUT2D eigenvalue weighted by molar-refractivity contribution is -0.245. The summed E-state index contributed by atoms with van der Waals surface area (Å²) in [6.07, 6.45) is -0.335. The van der Waals surface area contributed by atoms with Crippen molar-refractivity contribution < 1.29 is 9.90 Å². The van der Waals surface area contributed by atoms with Crippen LogP contribution in [0, 0.1) is 0 Å². The zero-order valence-corrected chi connectivity index (χ0v) is 15.5. The van der Waals surface area contributed by atoms with Gasteiger partial charge in [0.2, 0.25) is 0 Å². The molecule has 3 aromatic carbocycles. The second kappa shape index (κ2) is 6.84. The Balaban J connectivity index is 1.83. The molecule has 0 aliphatic carbocycles. The Kier molecular flexibility index (Phi) is 4.39. The fourth-order valence-corrected chi connectivity index (χ4v) is 3.83. The molecule has 0 radical (unpaired) electrons. The van der Waals surface area contributed by atoms with Crippen molar-refractivity contribution >= 4 is 44.8 Å². The van der Waals surface area contributed by atoms with E-state index in [1.165, 1.54) is 10.5 Å². The summed E-state index contributed by atoms with van der Waals surface area (Å²) >= 11 is 3.52. The zero-order chi connectivity index (χ0) is 18.1. The number of fused-ring (bicyclic) bond motifs is 1. The first kappa shape index (κ1) is 16.7. The van der Waals surface area contributed by atoms with Crippen LogP contribution in [0.3, 0.4) is 0 Å². The van der Waals surface area contributed by atoms with Crippen molar-refractivity contribution in [3.63, 3.8) is 0 Å². The van der Waals surface area contributed by atoms with E-state index in [0.29, 0.717) is 11.4 Å². The highest BCUT2D eigenvalue weighted by Crippen LogP contribution is 2.42. The van der Waals surface area contributed by atoms with Crippen LogP contribution in [0.25, 0.3) is 0 Å². The van der Waals surface area contributed by atoms with Crippen LogP contribution in [0.2, 0.25) is 0 Å². The van der Waals surface area contributed by atoms with Gasteiger partial charge in [0.15, 0.2) is 0 Å². The summed E-state index contributed by atoms with van der Waals surface area (Å²) in [5.41, 5.74) is 4.35. The first-order valence-corrected chi connectivity index (χ1v) is 9.15. The van der Waals surface area contributed by atoms with Crippen molar-refractivity contribution in [2.24, 2.45) is 0 Å². The highest BCUT2D eigenvalue weighted by molar-refractivity contribution is 9.10. The Hall–Kier alpha value is -2.79. The average Bonchev–Trinajstić information content (AvgIpc) is 3.06. The van der Waals surface area contributed by atoms with Gasteiger partial charge in [-0.15, -0.1) is 0 Å². The minimum Gasteiger partial charge on any atom is -0.529 e. The largest absolute Gasteiger partial charge is 0.529 e. The second-order valence-corrected chi connectivity index (χ2v) is 7.02. The Bertz CT molecular complexity index is 959. The third kappa shape index (κ3) is 2.95. The molecule has 4 rings (SSSR count). The molecule has 1 amide bonds. The van der Waals surface area contributed by atoms with Crippen molar-refractivity contribution in [2.45, 2.75) is 6.42 Å². The van der Waals surface area contributed by atoms with Crippen molar-refractivity contribution in [1.82, 2.24) is 0 Å². The molecule has 26 heavy (non-hydrogen) atoms. The molecule has 0 atom stereocenters. The number of rotatable bonds is 3. The Morgan fingerprint density at radius 1 is 0.962 bits per heavy atom. The van der Waals surface area contributed by atoms with E-state index in [1.54, 1.807) is 12.1 Å². The maximum Gasteiger partial charge on any atom is 0.146 e. The molecule has 0 saturated heterocycles. The number of carbonyl (C=O) groups is 1. The summed E-state index contributed by atoms with van der Waals surface area (Å²) in [7, 11) is 0. The number of anilines is 4. The van der Waals surface area contributed by atoms with E-state index in [2.05, 4.69) is 33.0 Å². The minimum absolute atomic E-state index is 0.565. The number of amides is 1. The standard InChI is InChI=1S/C21H17BrN2O2/c22-16-10-11-18-15(14-16)12-13-23(18)19-8-4-5-9-20(19)24(21(25)26)17-6-2-1-3-7-17/h1-11,14H,12-13H2,(H,25,26)/p-1. The van der Waals surface area contributed by atoms with E-state index in [4.69, 9.17) is 0 Å². The number of halogens is 1. The van der Waals surface area contributed by atoms with Crippen LogP contribution < -0.4 is 14.9 Å². The van der Waals surface area contributed by atoms with Gasteiger partial charge in [0, 0.05) is 22.4 Å². The number of hydrogen-bond donors (Lipinski definition) is 0. The number of benzene rings is 3. The molecular weight excluding hydrogens is 392 g/mol.